The highest BCUT2D eigenvalue weighted by Gasteiger charge is 2.04. The number of carbonyl (C=O) groups excluding carboxylic acids is 1. The molecule has 0 spiro atoms. The van der Waals surface area contributed by atoms with Gasteiger partial charge >= 0.3 is 0 Å². The van der Waals surface area contributed by atoms with Crippen LogP contribution in [0, 0.1) is 0 Å². The first kappa shape index (κ1) is 19.5. The average Bonchev–Trinajstić information content (AvgIpc) is 2.73. The molecule has 0 unspecified atom stereocenters. The predicted molar refractivity (Wildman–Crippen MR) is 115 cm³/mol. The van der Waals surface area contributed by atoms with Gasteiger partial charge in [0.2, 0.25) is 5.91 Å². The van der Waals surface area contributed by atoms with Gasteiger partial charge in [-0.2, -0.15) is 0 Å². The molecule has 3 aromatic carbocycles. The first-order valence-corrected chi connectivity index (χ1v) is 9.60. The molecule has 0 radical (unpaired) electrons. The molecule has 0 aliphatic carbocycles. The highest BCUT2D eigenvalue weighted by atomic mass is 16.5. The van der Waals surface area contributed by atoms with Crippen LogP contribution in [0.15, 0.2) is 78.9 Å². The molecule has 0 aliphatic heterocycles. The topological polar surface area (TPSA) is 64.4 Å². The minimum absolute atomic E-state index is 0.00615. The van der Waals surface area contributed by atoms with Crippen molar-refractivity contribution < 1.29 is 9.53 Å². The Balaban J connectivity index is 1.37. The molecule has 0 bridgehead atoms. The third-order valence-corrected chi connectivity index (χ3v) is 4.48. The maximum Gasteiger partial charge on any atom is 0.224 e. The lowest BCUT2D eigenvalue weighted by Gasteiger charge is -2.09. The zero-order valence-corrected chi connectivity index (χ0v) is 15.9. The molecule has 1 amide bonds. The van der Waals surface area contributed by atoms with E-state index in [9.17, 15) is 4.79 Å². The summed E-state index contributed by atoms with van der Waals surface area (Å²) in [7, 11) is 0. The van der Waals surface area contributed by atoms with Gasteiger partial charge in [0.25, 0.3) is 0 Å². The summed E-state index contributed by atoms with van der Waals surface area (Å²) in [5.74, 6) is 0.807. The molecule has 0 atom stereocenters. The SMILES string of the molecule is Nc1ccc(CCC(=O)Nc2ccc(OCCCc3ccccc3)cc2)cc1. The molecule has 0 aromatic heterocycles. The van der Waals surface area contributed by atoms with Gasteiger partial charge in [0.1, 0.15) is 5.75 Å². The second-order valence-electron chi connectivity index (χ2n) is 6.75. The second kappa shape index (κ2) is 10.2. The molecule has 3 aromatic rings. The molecule has 144 valence electrons. The molecule has 0 aliphatic rings. The maximum absolute atomic E-state index is 12.1. The lowest BCUT2D eigenvalue weighted by Crippen LogP contribution is -2.12. The van der Waals surface area contributed by atoms with E-state index in [2.05, 4.69) is 29.6 Å². The number of hydrogen-bond donors (Lipinski definition) is 2. The Kier molecular flexibility index (Phi) is 7.08. The minimum atomic E-state index is -0.00615. The van der Waals surface area contributed by atoms with Crippen LogP contribution in [0.2, 0.25) is 0 Å². The standard InChI is InChI=1S/C24H26N2O2/c25-21-11-8-20(9-12-21)10-17-24(27)26-22-13-15-23(16-14-22)28-18-4-7-19-5-2-1-3-6-19/h1-3,5-6,8-9,11-16H,4,7,10,17-18,25H2,(H,26,27). The van der Waals surface area contributed by atoms with Crippen molar-refractivity contribution in [3.63, 3.8) is 0 Å². The summed E-state index contributed by atoms with van der Waals surface area (Å²) in [5.41, 5.74) is 9.60. The molecule has 4 nitrogen and oxygen atoms in total. The van der Waals surface area contributed by atoms with E-state index in [-0.39, 0.29) is 5.91 Å². The van der Waals surface area contributed by atoms with E-state index in [1.807, 2.05) is 54.6 Å². The fraction of sp³-hybridized carbons (Fsp3) is 0.208. The highest BCUT2D eigenvalue weighted by molar-refractivity contribution is 5.90. The van der Waals surface area contributed by atoms with Crippen LogP contribution in [0.25, 0.3) is 0 Å². The van der Waals surface area contributed by atoms with E-state index >= 15 is 0 Å². The lowest BCUT2D eigenvalue weighted by atomic mass is 10.1. The van der Waals surface area contributed by atoms with Crippen LogP contribution >= 0.6 is 0 Å². The number of hydrogen-bond acceptors (Lipinski definition) is 3. The largest absolute Gasteiger partial charge is 0.494 e. The van der Waals surface area contributed by atoms with Crippen LogP contribution in [0.5, 0.6) is 5.75 Å². The molecule has 0 fully saturated rings. The van der Waals surface area contributed by atoms with Crippen molar-refractivity contribution in [3.05, 3.63) is 90.0 Å². The van der Waals surface area contributed by atoms with Gasteiger partial charge in [0, 0.05) is 17.8 Å². The molecule has 0 saturated carbocycles. The number of nitrogens with one attached hydrogen (secondary N) is 1. The van der Waals surface area contributed by atoms with Crippen molar-refractivity contribution in [2.75, 3.05) is 17.7 Å². The van der Waals surface area contributed by atoms with Crippen molar-refractivity contribution in [1.82, 2.24) is 0 Å². The van der Waals surface area contributed by atoms with E-state index in [0.29, 0.717) is 19.4 Å². The van der Waals surface area contributed by atoms with Crippen molar-refractivity contribution in [3.8, 4) is 5.75 Å². The van der Waals surface area contributed by atoms with Crippen molar-refractivity contribution in [1.29, 1.82) is 0 Å². The number of nitrogens with two attached hydrogens (primary N) is 1. The van der Waals surface area contributed by atoms with Crippen LogP contribution in [0.3, 0.4) is 0 Å². The van der Waals surface area contributed by atoms with Gasteiger partial charge in [0.15, 0.2) is 0 Å². The number of nitrogen functional groups attached to an aromatic ring is 1. The summed E-state index contributed by atoms with van der Waals surface area (Å²) in [6, 6.07) is 25.5. The first-order valence-electron chi connectivity index (χ1n) is 9.60. The summed E-state index contributed by atoms with van der Waals surface area (Å²) in [6.07, 6.45) is 3.09. The summed E-state index contributed by atoms with van der Waals surface area (Å²) >= 11 is 0. The summed E-state index contributed by atoms with van der Waals surface area (Å²) in [6.45, 7) is 0.669. The first-order chi connectivity index (χ1) is 13.7. The fourth-order valence-electron chi connectivity index (χ4n) is 2.91. The Bertz CT molecular complexity index is 859. The van der Waals surface area contributed by atoms with E-state index in [4.69, 9.17) is 10.5 Å². The van der Waals surface area contributed by atoms with Crippen molar-refractivity contribution >= 4 is 17.3 Å². The summed E-state index contributed by atoms with van der Waals surface area (Å²) in [4.78, 5) is 12.1. The van der Waals surface area contributed by atoms with Crippen LogP contribution < -0.4 is 15.8 Å². The Morgan fingerprint density at radius 3 is 2.21 bits per heavy atom. The van der Waals surface area contributed by atoms with Gasteiger partial charge in [0.05, 0.1) is 6.61 Å². The zero-order valence-electron chi connectivity index (χ0n) is 15.9. The van der Waals surface area contributed by atoms with Crippen LogP contribution in [0.1, 0.15) is 24.0 Å². The van der Waals surface area contributed by atoms with Gasteiger partial charge < -0.3 is 15.8 Å². The third-order valence-electron chi connectivity index (χ3n) is 4.48. The van der Waals surface area contributed by atoms with Crippen LogP contribution in [-0.4, -0.2) is 12.5 Å². The Morgan fingerprint density at radius 1 is 0.821 bits per heavy atom. The fourth-order valence-corrected chi connectivity index (χ4v) is 2.91. The predicted octanol–water partition coefficient (Wildman–Crippen LogP) is 4.85. The van der Waals surface area contributed by atoms with E-state index < -0.39 is 0 Å². The maximum atomic E-state index is 12.1. The molecule has 28 heavy (non-hydrogen) atoms. The smallest absolute Gasteiger partial charge is 0.224 e. The second-order valence-corrected chi connectivity index (χ2v) is 6.75. The highest BCUT2D eigenvalue weighted by Crippen LogP contribution is 2.17. The van der Waals surface area contributed by atoms with Gasteiger partial charge in [-0.25, -0.2) is 0 Å². The molecule has 0 heterocycles. The Morgan fingerprint density at radius 2 is 1.50 bits per heavy atom. The van der Waals surface area contributed by atoms with Crippen molar-refractivity contribution in [2.45, 2.75) is 25.7 Å². The van der Waals surface area contributed by atoms with Crippen molar-refractivity contribution in [2.24, 2.45) is 0 Å². The van der Waals surface area contributed by atoms with Gasteiger partial charge in [-0.15, -0.1) is 0 Å². The molecule has 0 saturated heterocycles. The number of benzene rings is 3. The number of carbonyl (C=O) groups is 1. The molecular formula is C24H26N2O2. The Labute approximate surface area is 166 Å². The third kappa shape index (κ3) is 6.47. The van der Waals surface area contributed by atoms with E-state index in [1.54, 1.807) is 0 Å². The lowest BCUT2D eigenvalue weighted by molar-refractivity contribution is -0.116. The van der Waals surface area contributed by atoms with Gasteiger partial charge in [-0.1, -0.05) is 42.5 Å². The normalized spacial score (nSPS) is 10.4. The van der Waals surface area contributed by atoms with Gasteiger partial charge in [-0.3, -0.25) is 4.79 Å². The molecular weight excluding hydrogens is 348 g/mol. The number of ether oxygens (including phenoxy) is 1. The average molecular weight is 374 g/mol. The van der Waals surface area contributed by atoms with Gasteiger partial charge in [-0.05, 0) is 66.8 Å². The number of aryl methyl sites for hydroxylation is 2. The number of amides is 1. The monoisotopic (exact) mass is 374 g/mol. The molecule has 4 heteroatoms. The summed E-state index contributed by atoms with van der Waals surface area (Å²) < 4.78 is 5.78. The van der Waals surface area contributed by atoms with Crippen LogP contribution in [0.4, 0.5) is 11.4 Å². The van der Waals surface area contributed by atoms with Crippen LogP contribution in [-0.2, 0) is 17.6 Å². The van der Waals surface area contributed by atoms with E-state index in [0.717, 1.165) is 35.5 Å². The quantitative estimate of drug-likeness (QED) is 0.416. The zero-order chi connectivity index (χ0) is 19.6. The Hall–Kier alpha value is -3.27. The van der Waals surface area contributed by atoms with E-state index in [1.165, 1.54) is 5.56 Å². The minimum Gasteiger partial charge on any atom is -0.494 e. The number of anilines is 2. The molecule has 3 rings (SSSR count). The summed E-state index contributed by atoms with van der Waals surface area (Å²) in [5, 5.41) is 2.92. The number of rotatable bonds is 9. The molecule has 3 N–H and O–H groups in total.